The first-order chi connectivity index (χ1) is 13.4. The zero-order valence-electron chi connectivity index (χ0n) is 19.0. The zero-order chi connectivity index (χ0) is 19.4. The van der Waals surface area contributed by atoms with Crippen LogP contribution < -0.4 is 0 Å². The Labute approximate surface area is 183 Å². The summed E-state index contributed by atoms with van der Waals surface area (Å²) in [5.41, 5.74) is 1.47. The molecule has 164 valence electrons. The van der Waals surface area contributed by atoms with Crippen molar-refractivity contribution in [2.45, 2.75) is 110 Å². The molecule has 1 nitrogen and oxygen atoms in total. The Morgan fingerprint density at radius 3 is 1.50 bits per heavy atom. The van der Waals surface area contributed by atoms with Crippen LogP contribution in [0.3, 0.4) is 0 Å². The molecule has 2 heteroatoms. The van der Waals surface area contributed by atoms with Gasteiger partial charge in [0, 0.05) is 6.54 Å². The number of nitrogens with zero attached hydrogens (tertiary/aromatic N) is 1. The molecule has 0 saturated heterocycles. The van der Waals surface area contributed by atoms with E-state index in [9.17, 15) is 0 Å². The van der Waals surface area contributed by atoms with Gasteiger partial charge in [-0.25, -0.2) is 0 Å². The minimum absolute atomic E-state index is 0. The topological polar surface area (TPSA) is 3.24 Å². The molecule has 0 aliphatic heterocycles. The van der Waals surface area contributed by atoms with Crippen LogP contribution in [0, 0.1) is 0 Å². The summed E-state index contributed by atoms with van der Waals surface area (Å²) in [7, 11) is 0. The van der Waals surface area contributed by atoms with Gasteiger partial charge in [-0.2, -0.15) is 0 Å². The van der Waals surface area contributed by atoms with Gasteiger partial charge in [0.1, 0.15) is 0 Å². The van der Waals surface area contributed by atoms with E-state index in [1.807, 2.05) is 0 Å². The van der Waals surface area contributed by atoms with Crippen molar-refractivity contribution in [3.63, 3.8) is 0 Å². The molecule has 0 amide bonds. The lowest BCUT2D eigenvalue weighted by molar-refractivity contribution is 0.284. The molecule has 1 aromatic rings. The van der Waals surface area contributed by atoms with E-state index < -0.39 is 0 Å². The van der Waals surface area contributed by atoms with E-state index in [1.165, 1.54) is 122 Å². The van der Waals surface area contributed by atoms with Crippen LogP contribution >= 0.6 is 12.4 Å². The first kappa shape index (κ1) is 27.5. The molecule has 28 heavy (non-hydrogen) atoms. The number of likely N-dealkylation sites (N-methyl/N-ethyl adjacent to an activating group) is 1. The first-order valence-electron chi connectivity index (χ1n) is 12.1. The monoisotopic (exact) mass is 409 g/mol. The van der Waals surface area contributed by atoms with Crippen molar-refractivity contribution >= 4 is 12.4 Å². The second-order valence-electron chi connectivity index (χ2n) is 8.27. The van der Waals surface area contributed by atoms with Gasteiger partial charge in [-0.3, -0.25) is 0 Å². The molecule has 1 aromatic carbocycles. The third-order valence-corrected chi connectivity index (χ3v) is 5.83. The maximum Gasteiger partial charge on any atom is 0.00217 e. The molecule has 0 spiro atoms. The van der Waals surface area contributed by atoms with Gasteiger partial charge in [0.15, 0.2) is 0 Å². The van der Waals surface area contributed by atoms with Crippen LogP contribution in [0.4, 0.5) is 0 Å². The van der Waals surface area contributed by atoms with Crippen molar-refractivity contribution in [3.8, 4) is 0 Å². The summed E-state index contributed by atoms with van der Waals surface area (Å²) < 4.78 is 0. The van der Waals surface area contributed by atoms with E-state index in [2.05, 4.69) is 49.1 Å². The third-order valence-electron chi connectivity index (χ3n) is 5.83. The van der Waals surface area contributed by atoms with Crippen molar-refractivity contribution in [1.29, 1.82) is 0 Å². The number of benzene rings is 1. The molecule has 0 aliphatic rings. The van der Waals surface area contributed by atoms with Crippen LogP contribution in [-0.2, 0) is 6.42 Å². The van der Waals surface area contributed by atoms with Crippen molar-refractivity contribution in [2.75, 3.05) is 19.6 Å². The van der Waals surface area contributed by atoms with Crippen LogP contribution in [0.5, 0.6) is 0 Å². The fraction of sp³-hybridized carbons (Fsp3) is 0.769. The van der Waals surface area contributed by atoms with E-state index in [0.29, 0.717) is 0 Å². The third kappa shape index (κ3) is 16.4. The number of hydrogen-bond acceptors (Lipinski definition) is 1. The molecule has 0 atom stereocenters. The van der Waals surface area contributed by atoms with Crippen molar-refractivity contribution in [3.05, 3.63) is 35.9 Å². The Hall–Kier alpha value is -0.530. The molecule has 0 heterocycles. The van der Waals surface area contributed by atoms with Crippen LogP contribution in [0.15, 0.2) is 30.3 Å². The summed E-state index contributed by atoms with van der Waals surface area (Å²) in [4.78, 5) is 2.62. The Balaban J connectivity index is 0.00000729. The summed E-state index contributed by atoms with van der Waals surface area (Å²) in [6.07, 6.45) is 21.4. The number of halogens is 1. The molecule has 0 radical (unpaired) electrons. The number of rotatable bonds is 19. The van der Waals surface area contributed by atoms with Crippen molar-refractivity contribution < 1.29 is 0 Å². The largest absolute Gasteiger partial charge is 0.303 e. The van der Waals surface area contributed by atoms with Crippen molar-refractivity contribution in [1.82, 2.24) is 4.90 Å². The normalized spacial score (nSPS) is 11.0. The van der Waals surface area contributed by atoms with Gasteiger partial charge in [0.25, 0.3) is 0 Å². The molecule has 1 rings (SSSR count). The average molecular weight is 410 g/mol. The van der Waals surface area contributed by atoms with Crippen LogP contribution in [0.2, 0.25) is 0 Å². The number of unbranched alkanes of at least 4 members (excludes halogenated alkanes) is 13. The molecule has 0 unspecified atom stereocenters. The minimum atomic E-state index is 0. The Bertz CT molecular complexity index is 406. The van der Waals surface area contributed by atoms with Crippen molar-refractivity contribution in [2.24, 2.45) is 0 Å². The Morgan fingerprint density at radius 2 is 1.04 bits per heavy atom. The van der Waals surface area contributed by atoms with Gasteiger partial charge in [0.2, 0.25) is 0 Å². The molecule has 0 N–H and O–H groups in total. The van der Waals surface area contributed by atoms with E-state index in [-0.39, 0.29) is 12.4 Å². The van der Waals surface area contributed by atoms with Gasteiger partial charge in [-0.1, -0.05) is 128 Å². The lowest BCUT2D eigenvalue weighted by atomic mass is 10.0. The summed E-state index contributed by atoms with van der Waals surface area (Å²) >= 11 is 0. The van der Waals surface area contributed by atoms with Gasteiger partial charge >= 0.3 is 0 Å². The fourth-order valence-corrected chi connectivity index (χ4v) is 3.89. The highest BCUT2D eigenvalue weighted by atomic mass is 35.5. The quantitative estimate of drug-likeness (QED) is 0.207. The molecule has 0 aromatic heterocycles. The Kier molecular flexibility index (Phi) is 20.8. The summed E-state index contributed by atoms with van der Waals surface area (Å²) in [5, 5.41) is 0. The van der Waals surface area contributed by atoms with E-state index in [4.69, 9.17) is 0 Å². The van der Waals surface area contributed by atoms with Crippen LogP contribution in [0.25, 0.3) is 0 Å². The standard InChI is InChI=1S/C26H47N.ClH/c1-3-5-6-7-8-9-10-11-12-13-14-15-16-20-24-27(4-2)25-23-26-21-18-17-19-22-26;/h17-19,21-22H,3-16,20,23-25H2,1-2H3;1H. The van der Waals surface area contributed by atoms with E-state index in [0.717, 1.165) is 0 Å². The fourth-order valence-electron chi connectivity index (χ4n) is 3.89. The maximum absolute atomic E-state index is 2.62. The predicted molar refractivity (Wildman–Crippen MR) is 130 cm³/mol. The molecule has 0 saturated carbocycles. The summed E-state index contributed by atoms with van der Waals surface area (Å²) in [6, 6.07) is 10.9. The SMILES string of the molecule is CCCCCCCCCCCCCCCCN(CC)CCc1ccccc1.Cl. The smallest absolute Gasteiger partial charge is 0.00217 e. The predicted octanol–water partition coefficient (Wildman–Crippen LogP) is 8.45. The summed E-state index contributed by atoms with van der Waals surface area (Å²) in [5.74, 6) is 0. The van der Waals surface area contributed by atoms with Gasteiger partial charge in [-0.15, -0.1) is 12.4 Å². The molecule has 0 fully saturated rings. The molecular formula is C26H48ClN. The number of hydrogen-bond donors (Lipinski definition) is 0. The molecule has 0 aliphatic carbocycles. The zero-order valence-corrected chi connectivity index (χ0v) is 19.8. The van der Waals surface area contributed by atoms with Gasteiger partial charge < -0.3 is 4.90 Å². The average Bonchev–Trinajstić information content (AvgIpc) is 2.71. The van der Waals surface area contributed by atoms with Gasteiger partial charge in [-0.05, 0) is 31.5 Å². The van der Waals surface area contributed by atoms with E-state index >= 15 is 0 Å². The van der Waals surface area contributed by atoms with Crippen LogP contribution in [-0.4, -0.2) is 24.5 Å². The summed E-state index contributed by atoms with van der Waals surface area (Å²) in [6.45, 7) is 8.27. The molecular weight excluding hydrogens is 362 g/mol. The van der Waals surface area contributed by atoms with Crippen LogP contribution in [0.1, 0.15) is 109 Å². The minimum Gasteiger partial charge on any atom is -0.303 e. The first-order valence-corrected chi connectivity index (χ1v) is 12.1. The highest BCUT2D eigenvalue weighted by Gasteiger charge is 2.02. The lowest BCUT2D eigenvalue weighted by Crippen LogP contribution is -2.27. The lowest BCUT2D eigenvalue weighted by Gasteiger charge is -2.20. The second kappa shape index (κ2) is 21.2. The molecule has 0 bridgehead atoms. The highest BCUT2D eigenvalue weighted by molar-refractivity contribution is 5.85. The maximum atomic E-state index is 2.62. The van der Waals surface area contributed by atoms with E-state index in [1.54, 1.807) is 0 Å². The second-order valence-corrected chi connectivity index (χ2v) is 8.27. The Morgan fingerprint density at radius 1 is 0.571 bits per heavy atom. The van der Waals surface area contributed by atoms with Gasteiger partial charge in [0.05, 0.1) is 0 Å². The highest BCUT2D eigenvalue weighted by Crippen LogP contribution is 2.13.